The highest BCUT2D eigenvalue weighted by atomic mass is 32.2. The Balaban J connectivity index is 1.78. The number of nitrogens with one attached hydrogen (secondary N) is 1. The number of hydrogen-bond acceptors (Lipinski definition) is 3. The zero-order valence-electron chi connectivity index (χ0n) is 16.2. The number of hydrogen-bond donors (Lipinski definition) is 1. The fraction of sp³-hybridized carbons (Fsp3) is 0.318. The summed E-state index contributed by atoms with van der Waals surface area (Å²) in [6.07, 6.45) is 2.22. The lowest BCUT2D eigenvalue weighted by atomic mass is 9.94. The molecule has 28 heavy (non-hydrogen) atoms. The van der Waals surface area contributed by atoms with Gasteiger partial charge in [0.2, 0.25) is 10.0 Å². The van der Waals surface area contributed by atoms with Crippen LogP contribution in [0, 0.1) is 6.92 Å². The zero-order chi connectivity index (χ0) is 19.9. The van der Waals surface area contributed by atoms with Crippen LogP contribution in [0.15, 0.2) is 47.4 Å². The van der Waals surface area contributed by atoms with Crippen LogP contribution in [0.4, 0.5) is 0 Å². The van der Waals surface area contributed by atoms with E-state index in [1.54, 1.807) is 13.0 Å². The van der Waals surface area contributed by atoms with Crippen molar-refractivity contribution < 1.29 is 13.2 Å². The molecule has 0 spiro atoms. The van der Waals surface area contributed by atoms with E-state index in [1.165, 1.54) is 4.31 Å². The highest BCUT2D eigenvalue weighted by molar-refractivity contribution is 7.89. The summed E-state index contributed by atoms with van der Waals surface area (Å²) in [7, 11) is -3.66. The number of H-pyrrole nitrogens is 1. The minimum atomic E-state index is -3.66. The van der Waals surface area contributed by atoms with Crippen molar-refractivity contribution in [1.29, 1.82) is 0 Å². The molecule has 1 aliphatic rings. The van der Waals surface area contributed by atoms with Crippen molar-refractivity contribution in [2.75, 3.05) is 6.54 Å². The first-order chi connectivity index (χ1) is 13.4. The quantitative estimate of drug-likeness (QED) is 0.702. The summed E-state index contributed by atoms with van der Waals surface area (Å²) in [6.45, 7) is 4.36. The number of aryl methyl sites for hydroxylation is 2. The van der Waals surface area contributed by atoms with E-state index in [9.17, 15) is 13.2 Å². The third-order valence-electron chi connectivity index (χ3n) is 5.45. The molecule has 4 rings (SSSR count). The Hall–Kier alpha value is -2.44. The number of fused-ring (bicyclic) bond motifs is 3. The van der Waals surface area contributed by atoms with E-state index in [0.717, 1.165) is 40.6 Å². The molecule has 1 heterocycles. The van der Waals surface area contributed by atoms with Gasteiger partial charge in [0.05, 0.1) is 4.90 Å². The number of rotatable bonds is 5. The van der Waals surface area contributed by atoms with Crippen LogP contribution in [0.2, 0.25) is 0 Å². The molecule has 0 bridgehead atoms. The molecule has 1 aromatic heterocycles. The summed E-state index contributed by atoms with van der Waals surface area (Å²) in [5, 5.41) is 0.835. The van der Waals surface area contributed by atoms with E-state index in [-0.39, 0.29) is 5.78 Å². The summed E-state index contributed by atoms with van der Waals surface area (Å²) in [6, 6.07) is 13.1. The summed E-state index contributed by atoms with van der Waals surface area (Å²) in [4.78, 5) is 15.9. The standard InChI is InChI=1S/C22H24N2O3S/c1-3-24(14-16-8-5-4-6-9-16)28(26,27)21-13-19-17(12-15(21)2)22-18(23-19)10-7-11-20(22)25/h4-6,8-9,12-13,23H,3,7,10-11,14H2,1-2H3. The minimum absolute atomic E-state index is 0.141. The lowest BCUT2D eigenvalue weighted by Crippen LogP contribution is -2.31. The maximum Gasteiger partial charge on any atom is 0.243 e. The van der Waals surface area contributed by atoms with Crippen molar-refractivity contribution in [3.05, 3.63) is 64.8 Å². The molecule has 0 radical (unpaired) electrons. The van der Waals surface area contributed by atoms with Crippen LogP contribution < -0.4 is 0 Å². The van der Waals surface area contributed by atoms with E-state index < -0.39 is 10.0 Å². The molecule has 6 heteroatoms. The van der Waals surface area contributed by atoms with Crippen LogP contribution in [-0.2, 0) is 23.0 Å². The van der Waals surface area contributed by atoms with Gasteiger partial charge in [-0.1, -0.05) is 37.3 Å². The molecule has 0 unspecified atom stereocenters. The highest BCUT2D eigenvalue weighted by Crippen LogP contribution is 2.33. The molecule has 0 amide bonds. The predicted molar refractivity (Wildman–Crippen MR) is 110 cm³/mol. The van der Waals surface area contributed by atoms with Gasteiger partial charge < -0.3 is 4.98 Å². The van der Waals surface area contributed by atoms with Crippen molar-refractivity contribution in [2.45, 2.75) is 44.6 Å². The summed E-state index contributed by atoms with van der Waals surface area (Å²) in [5.41, 5.74) is 4.01. The van der Waals surface area contributed by atoms with Gasteiger partial charge in [-0.15, -0.1) is 0 Å². The number of carbonyl (C=O) groups is 1. The van der Waals surface area contributed by atoms with Crippen molar-refractivity contribution in [2.24, 2.45) is 0 Å². The first-order valence-corrected chi connectivity index (χ1v) is 11.1. The molecule has 0 fully saturated rings. The SMILES string of the molecule is CCN(Cc1ccccc1)S(=O)(=O)c1cc2[nH]c3c(c2cc1C)C(=O)CCC3. The Kier molecular flexibility index (Phi) is 4.85. The van der Waals surface area contributed by atoms with Gasteiger partial charge in [0.15, 0.2) is 5.78 Å². The number of benzene rings is 2. The monoisotopic (exact) mass is 396 g/mol. The molecule has 1 aliphatic carbocycles. The van der Waals surface area contributed by atoms with E-state index in [0.29, 0.717) is 30.0 Å². The van der Waals surface area contributed by atoms with Crippen molar-refractivity contribution in [1.82, 2.24) is 9.29 Å². The first kappa shape index (κ1) is 18.9. The maximum atomic E-state index is 13.4. The number of ketones is 1. The average molecular weight is 397 g/mol. The van der Waals surface area contributed by atoms with Gasteiger partial charge in [-0.2, -0.15) is 4.31 Å². The lowest BCUT2D eigenvalue weighted by Gasteiger charge is -2.22. The summed E-state index contributed by atoms with van der Waals surface area (Å²) >= 11 is 0. The molecule has 1 N–H and O–H groups in total. The van der Waals surface area contributed by atoms with Gasteiger partial charge in [0, 0.05) is 41.7 Å². The van der Waals surface area contributed by atoms with Crippen LogP contribution in [0.1, 0.15) is 46.9 Å². The molecule has 0 atom stereocenters. The van der Waals surface area contributed by atoms with Crippen LogP contribution in [0.25, 0.3) is 10.9 Å². The smallest absolute Gasteiger partial charge is 0.243 e. The van der Waals surface area contributed by atoms with E-state index >= 15 is 0 Å². The maximum absolute atomic E-state index is 13.4. The molecule has 5 nitrogen and oxygen atoms in total. The van der Waals surface area contributed by atoms with Gasteiger partial charge in [-0.3, -0.25) is 4.79 Å². The van der Waals surface area contributed by atoms with Crippen molar-refractivity contribution in [3.63, 3.8) is 0 Å². The fourth-order valence-electron chi connectivity index (χ4n) is 4.01. The number of nitrogens with zero attached hydrogens (tertiary/aromatic N) is 1. The van der Waals surface area contributed by atoms with Crippen LogP contribution in [0.5, 0.6) is 0 Å². The highest BCUT2D eigenvalue weighted by Gasteiger charge is 2.28. The number of sulfonamides is 1. The van der Waals surface area contributed by atoms with Gasteiger partial charge in [-0.25, -0.2) is 8.42 Å². The van der Waals surface area contributed by atoms with Gasteiger partial charge in [0.1, 0.15) is 0 Å². The number of Topliss-reactive ketones (excluding diaryl/α,β-unsaturated/α-hetero) is 1. The molecular formula is C22H24N2O3S. The molecular weight excluding hydrogens is 372 g/mol. The lowest BCUT2D eigenvalue weighted by molar-refractivity contribution is 0.0974. The van der Waals surface area contributed by atoms with E-state index in [2.05, 4.69) is 4.98 Å². The Bertz CT molecular complexity index is 1150. The molecule has 2 aromatic carbocycles. The Morgan fingerprint density at radius 2 is 1.86 bits per heavy atom. The Morgan fingerprint density at radius 3 is 2.57 bits per heavy atom. The van der Waals surface area contributed by atoms with Crippen LogP contribution >= 0.6 is 0 Å². The fourth-order valence-corrected chi connectivity index (χ4v) is 5.68. The molecule has 146 valence electrons. The van der Waals surface area contributed by atoms with Crippen LogP contribution in [-0.4, -0.2) is 30.0 Å². The zero-order valence-corrected chi connectivity index (χ0v) is 17.0. The first-order valence-electron chi connectivity index (χ1n) is 9.64. The predicted octanol–water partition coefficient (Wildman–Crippen LogP) is 4.21. The van der Waals surface area contributed by atoms with E-state index in [1.807, 2.05) is 43.3 Å². The number of carbonyl (C=O) groups excluding carboxylic acids is 1. The van der Waals surface area contributed by atoms with Crippen molar-refractivity contribution in [3.8, 4) is 0 Å². The third-order valence-corrected chi connectivity index (χ3v) is 7.52. The summed E-state index contributed by atoms with van der Waals surface area (Å²) < 4.78 is 28.3. The topological polar surface area (TPSA) is 70.2 Å². The number of aromatic amines is 1. The molecule has 0 aliphatic heterocycles. The molecule has 0 saturated carbocycles. The second-order valence-electron chi connectivity index (χ2n) is 7.34. The molecule has 3 aromatic rings. The normalized spacial score (nSPS) is 14.6. The van der Waals surface area contributed by atoms with Crippen molar-refractivity contribution >= 4 is 26.7 Å². The van der Waals surface area contributed by atoms with E-state index in [4.69, 9.17) is 0 Å². The second-order valence-corrected chi connectivity index (χ2v) is 9.24. The van der Waals surface area contributed by atoms with Crippen LogP contribution in [0.3, 0.4) is 0 Å². The van der Waals surface area contributed by atoms with Gasteiger partial charge in [0.25, 0.3) is 0 Å². The van der Waals surface area contributed by atoms with Gasteiger partial charge in [-0.05, 0) is 43.0 Å². The average Bonchev–Trinajstić information content (AvgIpc) is 3.04. The Morgan fingerprint density at radius 1 is 1.11 bits per heavy atom. The van der Waals surface area contributed by atoms with Gasteiger partial charge >= 0.3 is 0 Å². The largest absolute Gasteiger partial charge is 0.358 e. The Labute approximate surface area is 165 Å². The molecule has 0 saturated heterocycles. The minimum Gasteiger partial charge on any atom is -0.358 e. The summed E-state index contributed by atoms with van der Waals surface area (Å²) in [5.74, 6) is 0.141. The third kappa shape index (κ3) is 3.16. The number of aromatic nitrogens is 1. The second kappa shape index (κ2) is 7.18.